The smallest absolute Gasteiger partial charge is 0.174 e. The van der Waals surface area contributed by atoms with Crippen LogP contribution >= 0.6 is 23.8 Å². The van der Waals surface area contributed by atoms with Gasteiger partial charge in [0.25, 0.3) is 0 Å². The van der Waals surface area contributed by atoms with E-state index in [-0.39, 0.29) is 17.9 Å². The van der Waals surface area contributed by atoms with Crippen LogP contribution in [0.4, 0.5) is 15.8 Å². The predicted octanol–water partition coefficient (Wildman–Crippen LogP) is 7.79. The van der Waals surface area contributed by atoms with E-state index in [1.54, 1.807) is 18.3 Å². The van der Waals surface area contributed by atoms with Crippen molar-refractivity contribution < 1.29 is 8.81 Å². The van der Waals surface area contributed by atoms with Gasteiger partial charge in [-0.3, -0.25) is 4.98 Å². The summed E-state index contributed by atoms with van der Waals surface area (Å²) in [6.07, 6.45) is 3.01. The average Bonchev–Trinajstić information content (AvgIpc) is 3.53. The Labute approximate surface area is 238 Å². The first-order valence-corrected chi connectivity index (χ1v) is 14.1. The fourth-order valence-electron chi connectivity index (χ4n) is 5.96. The zero-order valence-corrected chi connectivity index (χ0v) is 23.4. The number of rotatable bonds is 5. The maximum atomic E-state index is 13.5. The molecule has 2 aromatic heterocycles. The van der Waals surface area contributed by atoms with Crippen molar-refractivity contribution in [3.05, 3.63) is 101 Å². The Morgan fingerprint density at radius 2 is 1.77 bits per heavy atom. The van der Waals surface area contributed by atoms with Crippen LogP contribution in [0, 0.1) is 17.7 Å². The molecule has 5 nitrogen and oxygen atoms in total. The number of nitrogens with one attached hydrogen (secondary N) is 1. The lowest BCUT2D eigenvalue weighted by Crippen LogP contribution is -2.38. The summed E-state index contributed by atoms with van der Waals surface area (Å²) >= 11 is 12.8. The van der Waals surface area contributed by atoms with Crippen LogP contribution in [0.25, 0.3) is 11.3 Å². The van der Waals surface area contributed by atoms with Crippen molar-refractivity contribution in [3.8, 4) is 11.3 Å². The van der Waals surface area contributed by atoms with Gasteiger partial charge in [-0.1, -0.05) is 31.5 Å². The van der Waals surface area contributed by atoms with Crippen molar-refractivity contribution in [3.63, 3.8) is 0 Å². The molecule has 0 bridgehead atoms. The average molecular weight is 561 g/mol. The Hall–Kier alpha value is -3.42. The molecule has 200 valence electrons. The van der Waals surface area contributed by atoms with Gasteiger partial charge in [0.05, 0.1) is 22.4 Å². The van der Waals surface area contributed by atoms with Gasteiger partial charge in [0.15, 0.2) is 5.11 Å². The Kier molecular flexibility index (Phi) is 7.04. The highest BCUT2D eigenvalue weighted by atomic mass is 35.5. The fourth-order valence-corrected chi connectivity index (χ4v) is 6.60. The Balaban J connectivity index is 1.38. The minimum atomic E-state index is -0.307. The normalized spacial score (nSPS) is 23.2. The Morgan fingerprint density at radius 3 is 2.46 bits per heavy atom. The number of aromatic nitrogens is 1. The van der Waals surface area contributed by atoms with Crippen molar-refractivity contribution in [1.82, 2.24) is 10.3 Å². The molecule has 0 unspecified atom stereocenters. The Bertz CT molecular complexity index is 1470. The number of halogens is 2. The first-order chi connectivity index (χ1) is 18.9. The molecule has 4 atom stereocenters. The molecule has 0 spiro atoms. The number of nitrogens with zero attached hydrogens (tertiary/aromatic N) is 3. The molecule has 0 radical (unpaired) electrons. The van der Waals surface area contributed by atoms with Crippen LogP contribution in [0.1, 0.15) is 43.8 Å². The molecule has 4 aromatic rings. The SMILES string of the molecule is C[C@@H]1C[C@H](C)CN(c2ccc(N3C(=S)N[C@H](c4ccccn4)[C@H]3c3ccc(-c4ccc(F)cc4)o3)cc2Cl)C1. The lowest BCUT2D eigenvalue weighted by molar-refractivity contribution is 0.357. The van der Waals surface area contributed by atoms with E-state index in [4.69, 9.17) is 28.2 Å². The number of pyridine rings is 1. The summed E-state index contributed by atoms with van der Waals surface area (Å²) in [5, 5.41) is 4.73. The third kappa shape index (κ3) is 5.13. The molecule has 8 heteroatoms. The van der Waals surface area contributed by atoms with E-state index in [2.05, 4.69) is 46.1 Å². The van der Waals surface area contributed by atoms with Crippen LogP contribution < -0.4 is 15.1 Å². The minimum Gasteiger partial charge on any atom is -0.459 e. The first kappa shape index (κ1) is 25.8. The van der Waals surface area contributed by atoms with E-state index in [1.807, 2.05) is 36.4 Å². The van der Waals surface area contributed by atoms with Crippen molar-refractivity contribution in [2.24, 2.45) is 11.8 Å². The summed E-state index contributed by atoms with van der Waals surface area (Å²) in [5.74, 6) is 2.33. The van der Waals surface area contributed by atoms with Gasteiger partial charge in [-0.05, 0) is 97.2 Å². The van der Waals surface area contributed by atoms with E-state index in [1.165, 1.54) is 18.6 Å². The summed E-state index contributed by atoms with van der Waals surface area (Å²) in [6, 6.07) is 21.6. The molecule has 2 fully saturated rings. The van der Waals surface area contributed by atoms with E-state index < -0.39 is 0 Å². The van der Waals surface area contributed by atoms with E-state index >= 15 is 0 Å². The zero-order chi connectivity index (χ0) is 27.1. The van der Waals surface area contributed by atoms with Crippen LogP contribution in [-0.2, 0) is 0 Å². The fraction of sp³-hybridized carbons (Fsp3) is 0.290. The number of benzene rings is 2. The van der Waals surface area contributed by atoms with Gasteiger partial charge in [-0.15, -0.1) is 0 Å². The van der Waals surface area contributed by atoms with Crippen LogP contribution in [0.3, 0.4) is 0 Å². The molecule has 2 aliphatic rings. The maximum absolute atomic E-state index is 13.5. The van der Waals surface area contributed by atoms with Gasteiger partial charge in [-0.2, -0.15) is 0 Å². The highest BCUT2D eigenvalue weighted by Crippen LogP contribution is 2.44. The van der Waals surface area contributed by atoms with Gasteiger partial charge in [0.1, 0.15) is 23.4 Å². The highest BCUT2D eigenvalue weighted by molar-refractivity contribution is 7.80. The summed E-state index contributed by atoms with van der Waals surface area (Å²) in [5.41, 5.74) is 3.58. The first-order valence-electron chi connectivity index (χ1n) is 13.3. The summed E-state index contributed by atoms with van der Waals surface area (Å²) in [7, 11) is 0. The molecule has 0 amide bonds. The standard InChI is InChI=1S/C31H30ClFN4OS/c1-19-15-20(2)18-36(17-19)26-11-10-23(16-24(26)32)37-30(29(35-31(37)39)25-5-3-4-14-34-25)28-13-12-27(38-28)21-6-8-22(33)9-7-21/h3-14,16,19-20,29-30H,15,17-18H2,1-2H3,(H,35,39)/t19-,20+,29-,30-/m1/s1. The molecule has 2 saturated heterocycles. The molecule has 2 aromatic carbocycles. The van der Waals surface area contributed by atoms with Crippen LogP contribution in [0.15, 0.2) is 83.4 Å². The van der Waals surface area contributed by atoms with Crippen LogP contribution in [-0.4, -0.2) is 23.2 Å². The number of furan rings is 1. The largest absolute Gasteiger partial charge is 0.459 e. The third-order valence-corrected chi connectivity index (χ3v) is 8.18. The monoisotopic (exact) mass is 560 g/mol. The molecule has 6 rings (SSSR count). The quantitative estimate of drug-likeness (QED) is 0.251. The molecular weight excluding hydrogens is 531 g/mol. The van der Waals surface area contributed by atoms with Crippen LogP contribution in [0.2, 0.25) is 5.02 Å². The molecule has 0 aliphatic carbocycles. The zero-order valence-electron chi connectivity index (χ0n) is 21.9. The maximum Gasteiger partial charge on any atom is 0.174 e. The number of hydrogen-bond donors (Lipinski definition) is 1. The van der Waals surface area contributed by atoms with Gasteiger partial charge in [0, 0.05) is 30.5 Å². The summed E-state index contributed by atoms with van der Waals surface area (Å²) < 4.78 is 19.9. The lowest BCUT2D eigenvalue weighted by atomic mass is 9.91. The molecule has 2 aliphatic heterocycles. The number of anilines is 2. The molecule has 4 heterocycles. The molecule has 39 heavy (non-hydrogen) atoms. The van der Waals surface area contributed by atoms with Crippen molar-refractivity contribution >= 4 is 40.3 Å². The second-order valence-electron chi connectivity index (χ2n) is 10.7. The second-order valence-corrected chi connectivity index (χ2v) is 11.5. The molecular formula is C31H30ClFN4OS. The van der Waals surface area contributed by atoms with Crippen molar-refractivity contribution in [2.75, 3.05) is 22.9 Å². The number of piperidine rings is 1. The van der Waals surface area contributed by atoms with E-state index in [0.717, 1.165) is 41.5 Å². The van der Waals surface area contributed by atoms with Gasteiger partial charge in [-0.25, -0.2) is 4.39 Å². The Morgan fingerprint density at radius 1 is 1.00 bits per heavy atom. The second kappa shape index (κ2) is 10.6. The minimum absolute atomic E-state index is 0.242. The van der Waals surface area contributed by atoms with Crippen LogP contribution in [0.5, 0.6) is 0 Å². The third-order valence-electron chi connectivity index (χ3n) is 7.56. The van der Waals surface area contributed by atoms with E-state index in [0.29, 0.717) is 27.7 Å². The summed E-state index contributed by atoms with van der Waals surface area (Å²) in [6.45, 7) is 6.59. The van der Waals surface area contributed by atoms with Gasteiger partial charge in [0.2, 0.25) is 0 Å². The van der Waals surface area contributed by atoms with Crippen molar-refractivity contribution in [1.29, 1.82) is 0 Å². The predicted molar refractivity (Wildman–Crippen MR) is 159 cm³/mol. The van der Waals surface area contributed by atoms with Gasteiger partial charge < -0.3 is 19.5 Å². The van der Waals surface area contributed by atoms with Crippen molar-refractivity contribution in [2.45, 2.75) is 32.4 Å². The lowest BCUT2D eigenvalue weighted by Gasteiger charge is -2.37. The number of thiocarbonyl (C=S) groups is 1. The van der Waals surface area contributed by atoms with Gasteiger partial charge >= 0.3 is 0 Å². The summed E-state index contributed by atoms with van der Waals surface area (Å²) in [4.78, 5) is 9.06. The topological polar surface area (TPSA) is 44.5 Å². The number of hydrogen-bond acceptors (Lipinski definition) is 4. The molecule has 1 N–H and O–H groups in total. The highest BCUT2D eigenvalue weighted by Gasteiger charge is 2.43. The molecule has 0 saturated carbocycles. The van der Waals surface area contributed by atoms with E-state index in [9.17, 15) is 4.39 Å².